The summed E-state index contributed by atoms with van der Waals surface area (Å²) in [5.74, 6) is -3.37. The van der Waals surface area contributed by atoms with Crippen LogP contribution < -0.4 is 16.2 Å². The predicted octanol–water partition coefficient (Wildman–Crippen LogP) is -1.13. The van der Waals surface area contributed by atoms with E-state index in [0.717, 1.165) is 48.5 Å². The second-order valence-corrected chi connectivity index (χ2v) is 7.51. The van der Waals surface area contributed by atoms with E-state index in [-0.39, 0.29) is 10.9 Å². The summed E-state index contributed by atoms with van der Waals surface area (Å²) in [6.45, 7) is -0.607. The van der Waals surface area contributed by atoms with Gasteiger partial charge in [-0.1, -0.05) is 0 Å². The third-order valence-electron chi connectivity index (χ3n) is 3.32. The lowest BCUT2D eigenvalue weighted by Gasteiger charge is -2.17. The monoisotopic (exact) mass is 372 g/mol. The van der Waals surface area contributed by atoms with E-state index >= 15 is 0 Å². The van der Waals surface area contributed by atoms with Crippen LogP contribution in [0.4, 0.5) is 4.39 Å². The zero-order valence-corrected chi connectivity index (χ0v) is 14.1. The first kappa shape index (κ1) is 18.8. The van der Waals surface area contributed by atoms with Gasteiger partial charge in [0.1, 0.15) is 5.82 Å². The highest BCUT2D eigenvalue weighted by molar-refractivity contribution is 7.89. The van der Waals surface area contributed by atoms with E-state index in [1.807, 2.05) is 10.9 Å². The molecule has 1 aliphatic carbocycles. The predicted molar refractivity (Wildman–Crippen MR) is 83.7 cm³/mol. The van der Waals surface area contributed by atoms with Crippen molar-refractivity contribution in [2.24, 2.45) is 0 Å². The lowest BCUT2D eigenvalue weighted by molar-refractivity contribution is -0.141. The summed E-state index contributed by atoms with van der Waals surface area (Å²) < 4.78 is 38.0. The van der Waals surface area contributed by atoms with E-state index in [0.29, 0.717) is 0 Å². The fraction of sp³-hybridized carbons (Fsp3) is 0.357. The van der Waals surface area contributed by atoms with Crippen molar-refractivity contribution in [2.45, 2.75) is 23.8 Å². The number of likely N-dealkylation sites (N-methyl/N-ethyl adjacent to an activating group) is 1. The number of hydrazine groups is 1. The third-order valence-corrected chi connectivity index (χ3v) is 5.14. The first-order valence-electron chi connectivity index (χ1n) is 7.31. The average Bonchev–Trinajstić information content (AvgIpc) is 3.36. The van der Waals surface area contributed by atoms with E-state index in [2.05, 4.69) is 5.32 Å². The molecule has 0 spiro atoms. The Morgan fingerprint density at radius 3 is 2.28 bits per heavy atom. The Hall–Kier alpha value is -2.53. The van der Waals surface area contributed by atoms with Crippen LogP contribution in [0.5, 0.6) is 0 Å². The van der Waals surface area contributed by atoms with Gasteiger partial charge in [0.2, 0.25) is 10.0 Å². The molecule has 0 saturated heterocycles. The average molecular weight is 372 g/mol. The molecule has 136 valence electrons. The Morgan fingerprint density at radius 1 is 1.12 bits per heavy atom. The van der Waals surface area contributed by atoms with Crippen LogP contribution in [-0.2, 0) is 24.4 Å². The molecular weight excluding hydrogens is 355 g/mol. The Balaban J connectivity index is 1.85. The number of carbonyl (C=O) groups excluding carboxylic acids is 3. The molecule has 1 aromatic rings. The van der Waals surface area contributed by atoms with Gasteiger partial charge >= 0.3 is 11.8 Å². The van der Waals surface area contributed by atoms with Crippen LogP contribution in [0.2, 0.25) is 0 Å². The van der Waals surface area contributed by atoms with Crippen molar-refractivity contribution in [3.63, 3.8) is 0 Å². The lowest BCUT2D eigenvalue weighted by atomic mass is 10.4. The number of halogens is 1. The van der Waals surface area contributed by atoms with Crippen molar-refractivity contribution in [1.29, 1.82) is 0 Å². The maximum absolute atomic E-state index is 12.9. The zero-order chi connectivity index (χ0) is 18.6. The molecule has 0 radical (unpaired) electrons. The molecule has 3 N–H and O–H groups in total. The molecule has 25 heavy (non-hydrogen) atoms. The number of sulfonamides is 1. The van der Waals surface area contributed by atoms with E-state index in [4.69, 9.17) is 0 Å². The number of benzene rings is 1. The number of nitrogens with zero attached hydrogens (tertiary/aromatic N) is 1. The molecule has 0 heterocycles. The van der Waals surface area contributed by atoms with Gasteiger partial charge in [-0.05, 0) is 37.1 Å². The topological polar surface area (TPSA) is 125 Å². The van der Waals surface area contributed by atoms with Gasteiger partial charge < -0.3 is 5.32 Å². The number of amides is 3. The van der Waals surface area contributed by atoms with E-state index in [1.165, 1.54) is 0 Å². The summed E-state index contributed by atoms with van der Waals surface area (Å²) in [4.78, 5) is 34.4. The highest BCUT2D eigenvalue weighted by Gasteiger charge is 2.27. The fourth-order valence-corrected chi connectivity index (χ4v) is 2.90. The van der Waals surface area contributed by atoms with Crippen molar-refractivity contribution in [1.82, 2.24) is 20.5 Å². The van der Waals surface area contributed by atoms with Gasteiger partial charge in [-0.2, -0.15) is 4.31 Å². The van der Waals surface area contributed by atoms with E-state index in [1.54, 1.807) is 0 Å². The Kier molecular flexibility index (Phi) is 5.69. The highest BCUT2D eigenvalue weighted by atomic mass is 32.2. The smallest absolute Gasteiger partial charge is 0.327 e. The maximum Gasteiger partial charge on any atom is 0.327 e. The molecule has 0 aliphatic heterocycles. The van der Waals surface area contributed by atoms with Crippen molar-refractivity contribution in [2.75, 3.05) is 13.6 Å². The molecule has 0 atom stereocenters. The third kappa shape index (κ3) is 5.22. The molecular formula is C14H17FN4O5S. The molecule has 0 bridgehead atoms. The van der Waals surface area contributed by atoms with E-state index in [9.17, 15) is 27.2 Å². The summed E-state index contributed by atoms with van der Waals surface area (Å²) >= 11 is 0. The van der Waals surface area contributed by atoms with Crippen LogP contribution in [0.3, 0.4) is 0 Å². The number of hydrogen-bond acceptors (Lipinski definition) is 5. The maximum atomic E-state index is 12.9. The summed E-state index contributed by atoms with van der Waals surface area (Å²) in [5, 5.41) is 2.43. The molecule has 0 unspecified atom stereocenters. The lowest BCUT2D eigenvalue weighted by Crippen LogP contribution is -2.51. The van der Waals surface area contributed by atoms with Gasteiger partial charge in [0.05, 0.1) is 11.4 Å². The summed E-state index contributed by atoms with van der Waals surface area (Å²) in [6, 6.07) is 4.10. The van der Waals surface area contributed by atoms with Gasteiger partial charge in [-0.15, -0.1) is 0 Å². The van der Waals surface area contributed by atoms with Gasteiger partial charge in [0.15, 0.2) is 0 Å². The molecule has 1 saturated carbocycles. The van der Waals surface area contributed by atoms with Crippen LogP contribution in [-0.4, -0.2) is 50.1 Å². The standard InChI is InChI=1S/C14H17FN4O5S/c1-19(25(23,24)11-6-2-9(15)3-7-11)8-12(20)17-18-14(22)13(21)16-10-4-5-10/h2-3,6-7,10H,4-5,8H2,1H3,(H,16,21)(H,17,20)(H,18,22). The second kappa shape index (κ2) is 7.57. The Bertz CT molecular complexity index is 777. The number of hydrogen-bond donors (Lipinski definition) is 3. The molecule has 9 nitrogen and oxygen atoms in total. The summed E-state index contributed by atoms with van der Waals surface area (Å²) in [6.07, 6.45) is 1.61. The van der Waals surface area contributed by atoms with Crippen LogP contribution in [0, 0.1) is 5.82 Å². The zero-order valence-electron chi connectivity index (χ0n) is 13.3. The Morgan fingerprint density at radius 2 is 1.72 bits per heavy atom. The quantitative estimate of drug-likeness (QED) is 0.446. The molecule has 1 fully saturated rings. The normalized spacial score (nSPS) is 14.0. The largest absolute Gasteiger partial charge is 0.345 e. The molecule has 1 aliphatic rings. The van der Waals surface area contributed by atoms with Crippen molar-refractivity contribution in [3.8, 4) is 0 Å². The van der Waals surface area contributed by atoms with Gasteiger partial charge in [0, 0.05) is 13.1 Å². The first-order valence-corrected chi connectivity index (χ1v) is 8.75. The Labute approximate surface area is 143 Å². The summed E-state index contributed by atoms with van der Waals surface area (Å²) in [7, 11) is -2.85. The molecule has 0 aromatic heterocycles. The minimum absolute atomic E-state index is 0.0130. The van der Waals surface area contributed by atoms with Crippen molar-refractivity contribution >= 4 is 27.7 Å². The molecule has 2 rings (SSSR count). The van der Waals surface area contributed by atoms with E-state index < -0.39 is 40.1 Å². The molecule has 1 aromatic carbocycles. The van der Waals surface area contributed by atoms with Crippen molar-refractivity contribution in [3.05, 3.63) is 30.1 Å². The minimum atomic E-state index is -4.00. The van der Waals surface area contributed by atoms with Crippen LogP contribution >= 0.6 is 0 Å². The van der Waals surface area contributed by atoms with Crippen LogP contribution in [0.15, 0.2) is 29.2 Å². The number of nitrogens with one attached hydrogen (secondary N) is 3. The van der Waals surface area contributed by atoms with Gasteiger partial charge in [-0.25, -0.2) is 12.8 Å². The van der Waals surface area contributed by atoms with Crippen LogP contribution in [0.25, 0.3) is 0 Å². The second-order valence-electron chi connectivity index (χ2n) is 5.47. The van der Waals surface area contributed by atoms with Crippen LogP contribution in [0.1, 0.15) is 12.8 Å². The first-order chi connectivity index (χ1) is 11.7. The molecule has 11 heteroatoms. The number of carbonyl (C=O) groups is 3. The molecule has 3 amide bonds. The highest BCUT2D eigenvalue weighted by Crippen LogP contribution is 2.18. The van der Waals surface area contributed by atoms with Gasteiger partial charge in [0.25, 0.3) is 5.91 Å². The number of rotatable bonds is 5. The van der Waals surface area contributed by atoms with Crippen molar-refractivity contribution < 1.29 is 27.2 Å². The summed E-state index contributed by atoms with van der Waals surface area (Å²) in [5.41, 5.74) is 3.85. The van der Waals surface area contributed by atoms with Gasteiger partial charge in [-0.3, -0.25) is 25.2 Å². The SMILES string of the molecule is CN(CC(=O)NNC(=O)C(=O)NC1CC1)S(=O)(=O)c1ccc(F)cc1. The fourth-order valence-electron chi connectivity index (χ4n) is 1.78. The minimum Gasteiger partial charge on any atom is -0.345 e.